The minimum absolute atomic E-state index is 0.580. The molecule has 1 aromatic carbocycles. The summed E-state index contributed by atoms with van der Waals surface area (Å²) in [6, 6.07) is 5.99. The first-order valence-corrected chi connectivity index (χ1v) is 8.83. The van der Waals surface area contributed by atoms with Crippen LogP contribution in [0.3, 0.4) is 0 Å². The van der Waals surface area contributed by atoms with Crippen LogP contribution in [0.25, 0.3) is 0 Å². The molecule has 1 saturated heterocycles. The van der Waals surface area contributed by atoms with E-state index in [1.54, 1.807) is 7.11 Å². The summed E-state index contributed by atoms with van der Waals surface area (Å²) in [4.78, 5) is 6.95. The number of hydrogen-bond donors (Lipinski definition) is 1. The first kappa shape index (κ1) is 18.1. The number of guanidine groups is 1. The van der Waals surface area contributed by atoms with Crippen LogP contribution in [0, 0.1) is 5.92 Å². The molecule has 1 aliphatic heterocycles. The molecule has 0 amide bonds. The molecule has 1 heterocycles. The van der Waals surface area contributed by atoms with Gasteiger partial charge >= 0.3 is 0 Å². The van der Waals surface area contributed by atoms with Gasteiger partial charge in [0.1, 0.15) is 5.75 Å². The predicted octanol–water partition coefficient (Wildman–Crippen LogP) is 2.89. The zero-order chi connectivity index (χ0) is 16.7. The van der Waals surface area contributed by atoms with Crippen LogP contribution >= 0.6 is 15.9 Å². The number of nitrogens with one attached hydrogen (secondary N) is 1. The lowest BCUT2D eigenvalue weighted by molar-refractivity contribution is 0.181. The van der Waals surface area contributed by atoms with Gasteiger partial charge in [-0.25, -0.2) is 4.99 Å². The molecule has 0 aromatic heterocycles. The van der Waals surface area contributed by atoms with Gasteiger partial charge in [-0.1, -0.05) is 15.9 Å². The Kier molecular flexibility index (Phi) is 7.17. The third kappa shape index (κ3) is 5.39. The van der Waals surface area contributed by atoms with E-state index in [2.05, 4.69) is 46.2 Å². The van der Waals surface area contributed by atoms with Gasteiger partial charge < -0.3 is 19.7 Å². The quantitative estimate of drug-likeness (QED) is 0.605. The summed E-state index contributed by atoms with van der Waals surface area (Å²) in [6.07, 6.45) is 1.13. The topological polar surface area (TPSA) is 46.1 Å². The van der Waals surface area contributed by atoms with Gasteiger partial charge in [0.15, 0.2) is 5.96 Å². The Bertz CT molecular complexity index is 531. The minimum Gasteiger partial charge on any atom is -0.496 e. The Hall–Kier alpha value is -1.27. The van der Waals surface area contributed by atoms with Crippen molar-refractivity contribution in [1.29, 1.82) is 0 Å². The molecule has 2 rings (SSSR count). The van der Waals surface area contributed by atoms with E-state index in [4.69, 9.17) is 14.5 Å². The van der Waals surface area contributed by atoms with E-state index < -0.39 is 0 Å². The van der Waals surface area contributed by atoms with E-state index in [9.17, 15) is 0 Å². The second-order valence-electron chi connectivity index (χ2n) is 5.74. The van der Waals surface area contributed by atoms with Crippen molar-refractivity contribution in [3.05, 3.63) is 28.2 Å². The number of halogens is 1. The van der Waals surface area contributed by atoms with Crippen molar-refractivity contribution < 1.29 is 9.47 Å². The first-order valence-electron chi connectivity index (χ1n) is 8.03. The van der Waals surface area contributed by atoms with Gasteiger partial charge in [0.25, 0.3) is 0 Å². The van der Waals surface area contributed by atoms with Crippen LogP contribution in [0.15, 0.2) is 27.7 Å². The van der Waals surface area contributed by atoms with Crippen LogP contribution < -0.4 is 10.1 Å². The summed E-state index contributed by atoms with van der Waals surface area (Å²) in [5, 5.41) is 3.36. The molecule has 1 aliphatic rings. The SMILES string of the molecule is CCNC(=NCc1cc(Br)ccc1OC)N(C)CC1CCOC1. The summed E-state index contributed by atoms with van der Waals surface area (Å²) in [6.45, 7) is 6.20. The molecule has 1 aromatic rings. The average Bonchev–Trinajstić information content (AvgIpc) is 3.04. The van der Waals surface area contributed by atoms with Crippen LogP contribution in [0.5, 0.6) is 5.75 Å². The lowest BCUT2D eigenvalue weighted by Crippen LogP contribution is -2.41. The Balaban J connectivity index is 2.06. The maximum absolute atomic E-state index is 5.46. The molecule has 0 bridgehead atoms. The zero-order valence-corrected chi connectivity index (χ0v) is 15.7. The largest absolute Gasteiger partial charge is 0.496 e. The maximum Gasteiger partial charge on any atom is 0.193 e. The molecule has 1 fully saturated rings. The standard InChI is InChI=1S/C17H26BrN3O2/c1-4-19-17(21(2)11-13-7-8-23-12-13)20-10-14-9-15(18)5-6-16(14)22-3/h5-6,9,13H,4,7-8,10-12H2,1-3H3,(H,19,20). The van der Waals surface area contributed by atoms with Gasteiger partial charge in [-0.2, -0.15) is 0 Å². The normalized spacial score (nSPS) is 18.1. The molecule has 0 saturated carbocycles. The van der Waals surface area contributed by atoms with Crippen molar-refractivity contribution in [2.45, 2.75) is 19.9 Å². The van der Waals surface area contributed by atoms with Gasteiger partial charge in [0, 0.05) is 42.7 Å². The van der Waals surface area contributed by atoms with Gasteiger partial charge in [-0.05, 0) is 31.5 Å². The van der Waals surface area contributed by atoms with Crippen molar-refractivity contribution in [3.8, 4) is 5.75 Å². The molecule has 0 radical (unpaired) electrons. The van der Waals surface area contributed by atoms with Crippen LogP contribution in [-0.2, 0) is 11.3 Å². The van der Waals surface area contributed by atoms with E-state index in [-0.39, 0.29) is 0 Å². The van der Waals surface area contributed by atoms with Crippen molar-refractivity contribution in [1.82, 2.24) is 10.2 Å². The van der Waals surface area contributed by atoms with Crippen LogP contribution in [0.4, 0.5) is 0 Å². The van der Waals surface area contributed by atoms with E-state index in [1.165, 1.54) is 0 Å². The van der Waals surface area contributed by atoms with E-state index in [1.807, 2.05) is 12.1 Å². The first-order chi connectivity index (χ1) is 11.1. The number of nitrogens with zero attached hydrogens (tertiary/aromatic N) is 2. The van der Waals surface area contributed by atoms with Gasteiger partial charge in [-0.3, -0.25) is 0 Å². The average molecular weight is 384 g/mol. The molecule has 6 heteroatoms. The predicted molar refractivity (Wildman–Crippen MR) is 97.1 cm³/mol. The number of aliphatic imine (C=N–C) groups is 1. The molecule has 5 nitrogen and oxygen atoms in total. The van der Waals surface area contributed by atoms with Crippen LogP contribution in [0.2, 0.25) is 0 Å². The third-order valence-electron chi connectivity index (χ3n) is 3.89. The van der Waals surface area contributed by atoms with Crippen molar-refractivity contribution >= 4 is 21.9 Å². The monoisotopic (exact) mass is 383 g/mol. The molecule has 1 N–H and O–H groups in total. The third-order valence-corrected chi connectivity index (χ3v) is 4.39. The van der Waals surface area contributed by atoms with Gasteiger partial charge in [0.2, 0.25) is 0 Å². The van der Waals surface area contributed by atoms with Crippen molar-refractivity contribution in [2.24, 2.45) is 10.9 Å². The lowest BCUT2D eigenvalue weighted by Gasteiger charge is -2.24. The summed E-state index contributed by atoms with van der Waals surface area (Å²) < 4.78 is 11.9. The van der Waals surface area contributed by atoms with E-state index >= 15 is 0 Å². The van der Waals surface area contributed by atoms with E-state index in [0.29, 0.717) is 12.5 Å². The van der Waals surface area contributed by atoms with E-state index in [0.717, 1.165) is 54.5 Å². The fourth-order valence-corrected chi connectivity index (χ4v) is 3.11. The Morgan fingerprint density at radius 3 is 3.00 bits per heavy atom. The highest BCUT2D eigenvalue weighted by Crippen LogP contribution is 2.23. The van der Waals surface area contributed by atoms with Crippen molar-refractivity contribution in [2.75, 3.05) is 40.5 Å². The molecule has 1 unspecified atom stereocenters. The highest BCUT2D eigenvalue weighted by atomic mass is 79.9. The molecule has 23 heavy (non-hydrogen) atoms. The second-order valence-corrected chi connectivity index (χ2v) is 6.65. The lowest BCUT2D eigenvalue weighted by atomic mass is 10.1. The number of ether oxygens (including phenoxy) is 2. The Morgan fingerprint density at radius 2 is 2.35 bits per heavy atom. The molecule has 0 spiro atoms. The number of hydrogen-bond acceptors (Lipinski definition) is 3. The number of benzene rings is 1. The fraction of sp³-hybridized carbons (Fsp3) is 0.588. The number of rotatable bonds is 6. The Labute approximate surface area is 147 Å². The molecular weight excluding hydrogens is 358 g/mol. The summed E-state index contributed by atoms with van der Waals surface area (Å²) in [5.74, 6) is 2.37. The van der Waals surface area contributed by atoms with Crippen LogP contribution in [-0.4, -0.2) is 51.3 Å². The van der Waals surface area contributed by atoms with Crippen LogP contribution in [0.1, 0.15) is 18.9 Å². The van der Waals surface area contributed by atoms with Crippen molar-refractivity contribution in [3.63, 3.8) is 0 Å². The van der Waals surface area contributed by atoms with Gasteiger partial charge in [-0.15, -0.1) is 0 Å². The summed E-state index contributed by atoms with van der Waals surface area (Å²) >= 11 is 3.51. The molecule has 128 valence electrons. The zero-order valence-electron chi connectivity index (χ0n) is 14.1. The highest BCUT2D eigenvalue weighted by Gasteiger charge is 2.19. The maximum atomic E-state index is 5.46. The smallest absolute Gasteiger partial charge is 0.193 e. The summed E-state index contributed by atoms with van der Waals surface area (Å²) in [5.41, 5.74) is 1.06. The molecule has 0 aliphatic carbocycles. The summed E-state index contributed by atoms with van der Waals surface area (Å²) in [7, 11) is 3.77. The second kappa shape index (κ2) is 9.13. The Morgan fingerprint density at radius 1 is 1.52 bits per heavy atom. The van der Waals surface area contributed by atoms with Gasteiger partial charge in [0.05, 0.1) is 20.3 Å². The fourth-order valence-electron chi connectivity index (χ4n) is 2.70. The number of methoxy groups -OCH3 is 1. The molecule has 1 atom stereocenters. The minimum atomic E-state index is 0.580. The molecular formula is C17H26BrN3O2. The highest BCUT2D eigenvalue weighted by molar-refractivity contribution is 9.10.